The van der Waals surface area contributed by atoms with Gasteiger partial charge in [-0.15, -0.1) is 0 Å². The van der Waals surface area contributed by atoms with Crippen LogP contribution in [-0.2, 0) is 14.3 Å². The maximum atomic E-state index is 11.5. The summed E-state index contributed by atoms with van der Waals surface area (Å²) in [5.74, 6) is -0.506. The second-order valence-corrected chi connectivity index (χ2v) is 5.94. The van der Waals surface area contributed by atoms with E-state index in [0.29, 0.717) is 30.9 Å². The van der Waals surface area contributed by atoms with Gasteiger partial charge in [0.2, 0.25) is 0 Å². The van der Waals surface area contributed by atoms with Crippen LogP contribution in [0.5, 0.6) is 0 Å². The van der Waals surface area contributed by atoms with E-state index in [9.17, 15) is 14.9 Å². The quantitative estimate of drug-likeness (QED) is 0.356. The standard InChI is InChI=1S/C17H22N2O5/c1-4-17(2)12-18(9-10-24-17)14-7-5-13(6-8-16(20)23-3)11-15(14)19(21)22/h5-8,11H,4,9-10,12H2,1-3H3/b8-6+. The molecule has 1 aromatic rings. The Morgan fingerprint density at radius 2 is 2.29 bits per heavy atom. The molecule has 130 valence electrons. The molecule has 0 saturated carbocycles. The SMILES string of the molecule is CCC1(C)CN(c2ccc(/C=C/C(=O)OC)cc2[N+](=O)[O-])CCO1. The van der Waals surface area contributed by atoms with Crippen LogP contribution in [-0.4, -0.2) is 43.3 Å². The van der Waals surface area contributed by atoms with E-state index in [4.69, 9.17) is 4.74 Å². The number of benzene rings is 1. The number of hydrogen-bond donors (Lipinski definition) is 0. The molecule has 1 unspecified atom stereocenters. The van der Waals surface area contributed by atoms with Crippen LogP contribution in [0.1, 0.15) is 25.8 Å². The van der Waals surface area contributed by atoms with Gasteiger partial charge in [0.1, 0.15) is 5.69 Å². The first-order chi connectivity index (χ1) is 11.4. The lowest BCUT2D eigenvalue weighted by atomic mass is 10.00. The third-order valence-electron chi connectivity index (χ3n) is 4.23. The van der Waals surface area contributed by atoms with Gasteiger partial charge in [-0.05, 0) is 31.1 Å². The van der Waals surface area contributed by atoms with Crippen molar-refractivity contribution in [2.45, 2.75) is 25.9 Å². The number of nitro groups is 1. The summed E-state index contributed by atoms with van der Waals surface area (Å²) < 4.78 is 10.3. The normalized spacial score (nSPS) is 21.0. The largest absolute Gasteiger partial charge is 0.466 e. The molecule has 0 amide bonds. The lowest BCUT2D eigenvalue weighted by molar-refractivity contribution is -0.384. The summed E-state index contributed by atoms with van der Waals surface area (Å²) in [7, 11) is 1.28. The first kappa shape index (κ1) is 17.9. The summed E-state index contributed by atoms with van der Waals surface area (Å²) in [6, 6.07) is 4.94. The molecular weight excluding hydrogens is 312 g/mol. The van der Waals surface area contributed by atoms with Crippen LogP contribution < -0.4 is 4.90 Å². The van der Waals surface area contributed by atoms with E-state index in [2.05, 4.69) is 4.74 Å². The van der Waals surface area contributed by atoms with E-state index in [1.807, 2.05) is 18.7 Å². The van der Waals surface area contributed by atoms with Crippen molar-refractivity contribution < 1.29 is 19.2 Å². The third-order valence-corrected chi connectivity index (χ3v) is 4.23. The molecule has 7 heteroatoms. The van der Waals surface area contributed by atoms with Crippen molar-refractivity contribution in [2.24, 2.45) is 0 Å². The van der Waals surface area contributed by atoms with Gasteiger partial charge in [-0.3, -0.25) is 10.1 Å². The van der Waals surface area contributed by atoms with Crippen molar-refractivity contribution in [3.8, 4) is 0 Å². The van der Waals surface area contributed by atoms with Gasteiger partial charge in [0, 0.05) is 25.2 Å². The van der Waals surface area contributed by atoms with Crippen LogP contribution in [0, 0.1) is 10.1 Å². The Bertz CT molecular complexity index is 658. The first-order valence-electron chi connectivity index (χ1n) is 7.82. The van der Waals surface area contributed by atoms with Crippen molar-refractivity contribution in [1.29, 1.82) is 0 Å². The van der Waals surface area contributed by atoms with Gasteiger partial charge in [-0.1, -0.05) is 13.0 Å². The number of nitro benzene ring substituents is 1. The lowest BCUT2D eigenvalue weighted by Gasteiger charge is -2.41. The fraction of sp³-hybridized carbons (Fsp3) is 0.471. The van der Waals surface area contributed by atoms with Gasteiger partial charge in [-0.25, -0.2) is 4.79 Å². The van der Waals surface area contributed by atoms with E-state index in [-0.39, 0.29) is 11.3 Å². The third kappa shape index (κ3) is 4.11. The molecule has 1 aliphatic heterocycles. The summed E-state index contributed by atoms with van der Waals surface area (Å²) in [5.41, 5.74) is 0.846. The molecule has 7 nitrogen and oxygen atoms in total. The number of hydrogen-bond acceptors (Lipinski definition) is 6. The summed E-state index contributed by atoms with van der Waals surface area (Å²) in [5, 5.41) is 11.5. The fourth-order valence-electron chi connectivity index (χ4n) is 2.64. The molecule has 0 aromatic heterocycles. The first-order valence-corrected chi connectivity index (χ1v) is 7.82. The fourth-order valence-corrected chi connectivity index (χ4v) is 2.64. The highest BCUT2D eigenvalue weighted by molar-refractivity contribution is 5.87. The molecule has 1 aliphatic rings. The van der Waals surface area contributed by atoms with Crippen molar-refractivity contribution in [1.82, 2.24) is 0 Å². The Hall–Kier alpha value is -2.41. The highest BCUT2D eigenvalue weighted by Crippen LogP contribution is 2.33. The minimum absolute atomic E-state index is 0.0161. The Labute approximate surface area is 141 Å². The molecule has 0 spiro atoms. The zero-order chi connectivity index (χ0) is 17.7. The number of methoxy groups -OCH3 is 1. The van der Waals surface area contributed by atoms with Crippen molar-refractivity contribution in [2.75, 3.05) is 31.7 Å². The number of morpholine rings is 1. The highest BCUT2D eigenvalue weighted by atomic mass is 16.6. The average molecular weight is 334 g/mol. The van der Waals surface area contributed by atoms with Gasteiger partial charge >= 0.3 is 5.97 Å². The smallest absolute Gasteiger partial charge is 0.330 e. The Morgan fingerprint density at radius 3 is 2.92 bits per heavy atom. The number of anilines is 1. The lowest BCUT2D eigenvalue weighted by Crippen LogP contribution is -2.50. The number of rotatable bonds is 5. The minimum Gasteiger partial charge on any atom is -0.466 e. The van der Waals surface area contributed by atoms with Crippen LogP contribution in [0.2, 0.25) is 0 Å². The van der Waals surface area contributed by atoms with Gasteiger partial charge in [-0.2, -0.15) is 0 Å². The number of nitrogens with zero attached hydrogens (tertiary/aromatic N) is 2. The zero-order valence-corrected chi connectivity index (χ0v) is 14.2. The molecule has 1 heterocycles. The maximum Gasteiger partial charge on any atom is 0.330 e. The number of ether oxygens (including phenoxy) is 2. The van der Waals surface area contributed by atoms with Crippen LogP contribution in [0.3, 0.4) is 0 Å². The van der Waals surface area contributed by atoms with Gasteiger partial charge < -0.3 is 14.4 Å². The van der Waals surface area contributed by atoms with Crippen LogP contribution >= 0.6 is 0 Å². The predicted octanol–water partition coefficient (Wildman–Crippen LogP) is 2.79. The van der Waals surface area contributed by atoms with Crippen LogP contribution in [0.25, 0.3) is 6.08 Å². The van der Waals surface area contributed by atoms with E-state index in [1.165, 1.54) is 25.3 Å². The second-order valence-electron chi connectivity index (χ2n) is 5.94. The monoisotopic (exact) mass is 334 g/mol. The summed E-state index contributed by atoms with van der Waals surface area (Å²) >= 11 is 0. The van der Waals surface area contributed by atoms with E-state index in [1.54, 1.807) is 12.1 Å². The van der Waals surface area contributed by atoms with Crippen LogP contribution in [0.4, 0.5) is 11.4 Å². The molecule has 2 rings (SSSR count). The maximum absolute atomic E-state index is 11.5. The van der Waals surface area contributed by atoms with Gasteiger partial charge in [0.25, 0.3) is 5.69 Å². The number of esters is 1. The molecule has 1 fully saturated rings. The average Bonchev–Trinajstić information content (AvgIpc) is 2.59. The topological polar surface area (TPSA) is 81.9 Å². The number of carbonyl (C=O) groups is 1. The Kier molecular flexibility index (Phi) is 5.56. The highest BCUT2D eigenvalue weighted by Gasteiger charge is 2.32. The van der Waals surface area contributed by atoms with E-state index in [0.717, 1.165) is 6.42 Å². The predicted molar refractivity (Wildman–Crippen MR) is 91.0 cm³/mol. The van der Waals surface area contributed by atoms with E-state index >= 15 is 0 Å². The molecule has 1 saturated heterocycles. The molecule has 0 aliphatic carbocycles. The van der Waals surface area contributed by atoms with Crippen molar-refractivity contribution in [3.63, 3.8) is 0 Å². The minimum atomic E-state index is -0.506. The van der Waals surface area contributed by atoms with E-state index < -0.39 is 10.9 Å². The van der Waals surface area contributed by atoms with Crippen LogP contribution in [0.15, 0.2) is 24.3 Å². The molecular formula is C17H22N2O5. The second kappa shape index (κ2) is 7.44. The van der Waals surface area contributed by atoms with Crippen molar-refractivity contribution >= 4 is 23.4 Å². The molecule has 24 heavy (non-hydrogen) atoms. The summed E-state index contributed by atoms with van der Waals surface area (Å²) in [4.78, 5) is 24.2. The molecule has 1 aromatic carbocycles. The molecule has 0 N–H and O–H groups in total. The molecule has 0 radical (unpaired) electrons. The van der Waals surface area contributed by atoms with Crippen molar-refractivity contribution in [3.05, 3.63) is 40.0 Å². The summed E-state index contributed by atoms with van der Waals surface area (Å²) in [6.45, 7) is 5.79. The Morgan fingerprint density at radius 1 is 1.54 bits per heavy atom. The zero-order valence-electron chi connectivity index (χ0n) is 14.2. The molecule has 0 bridgehead atoms. The summed E-state index contributed by atoms with van der Waals surface area (Å²) in [6.07, 6.45) is 3.57. The molecule has 1 atom stereocenters. The number of carbonyl (C=O) groups excluding carboxylic acids is 1. The van der Waals surface area contributed by atoms with Gasteiger partial charge in [0.05, 0.1) is 24.2 Å². The Balaban J connectivity index is 2.31. The van der Waals surface area contributed by atoms with Gasteiger partial charge in [0.15, 0.2) is 0 Å².